The maximum atomic E-state index is 14.0. The molecule has 39 heavy (non-hydrogen) atoms. The van der Waals surface area contributed by atoms with Crippen molar-refractivity contribution in [2.45, 2.75) is 4.90 Å². The number of fused-ring (bicyclic) bond motifs is 1. The number of esters is 1. The molecule has 5 aromatic carbocycles. The van der Waals surface area contributed by atoms with Crippen LogP contribution in [0.25, 0.3) is 10.8 Å². The second-order valence-corrected chi connectivity index (χ2v) is 10.9. The van der Waals surface area contributed by atoms with Crippen molar-refractivity contribution >= 4 is 61.6 Å². The molecule has 9 heteroatoms. The van der Waals surface area contributed by atoms with Gasteiger partial charge in [0.1, 0.15) is 5.02 Å². The van der Waals surface area contributed by atoms with Crippen LogP contribution in [0.4, 0.5) is 5.69 Å². The quantitative estimate of drug-likeness (QED) is 0.155. The van der Waals surface area contributed by atoms with E-state index in [0.29, 0.717) is 9.69 Å². The zero-order valence-corrected chi connectivity index (χ0v) is 22.5. The van der Waals surface area contributed by atoms with Crippen molar-refractivity contribution in [1.82, 2.24) is 0 Å². The lowest BCUT2D eigenvalue weighted by Crippen LogP contribution is -2.37. The predicted molar refractivity (Wildman–Crippen MR) is 152 cm³/mol. The summed E-state index contributed by atoms with van der Waals surface area (Å²) in [5.41, 5.74) is 0.243. The number of amides is 1. The van der Waals surface area contributed by atoms with Crippen LogP contribution in [0.3, 0.4) is 0 Å². The normalized spacial score (nSPS) is 11.2. The number of hydrogen-bond donors (Lipinski definition) is 0. The molecule has 0 saturated carbocycles. The van der Waals surface area contributed by atoms with Crippen LogP contribution >= 0.6 is 23.2 Å². The van der Waals surface area contributed by atoms with E-state index in [1.165, 1.54) is 24.3 Å². The van der Waals surface area contributed by atoms with E-state index in [4.69, 9.17) is 27.9 Å². The second kappa shape index (κ2) is 10.9. The van der Waals surface area contributed by atoms with Gasteiger partial charge in [-0.2, -0.15) is 4.31 Å². The lowest BCUT2D eigenvalue weighted by molar-refractivity contribution is 0.0737. The summed E-state index contributed by atoms with van der Waals surface area (Å²) in [6, 6.07) is 30.3. The van der Waals surface area contributed by atoms with Crippen molar-refractivity contribution in [3.63, 3.8) is 0 Å². The van der Waals surface area contributed by atoms with Gasteiger partial charge in [0.25, 0.3) is 15.9 Å². The van der Waals surface area contributed by atoms with Crippen LogP contribution in [0.2, 0.25) is 10.0 Å². The molecule has 0 fully saturated rings. The minimum Gasteiger partial charge on any atom is -0.421 e. The molecule has 0 saturated heterocycles. The zero-order valence-electron chi connectivity index (χ0n) is 20.1. The van der Waals surface area contributed by atoms with E-state index < -0.39 is 21.9 Å². The number of rotatable bonds is 6. The van der Waals surface area contributed by atoms with Crippen LogP contribution in [-0.4, -0.2) is 20.3 Å². The molecule has 194 valence electrons. The topological polar surface area (TPSA) is 80.8 Å². The molecule has 0 aliphatic heterocycles. The Labute approximate surface area is 235 Å². The molecular formula is C30H19Cl2NO5S. The lowest BCUT2D eigenvalue weighted by Gasteiger charge is -2.26. The van der Waals surface area contributed by atoms with Gasteiger partial charge in [0.2, 0.25) is 0 Å². The van der Waals surface area contributed by atoms with E-state index in [9.17, 15) is 18.0 Å². The van der Waals surface area contributed by atoms with Crippen LogP contribution in [0.1, 0.15) is 20.7 Å². The Morgan fingerprint density at radius 1 is 0.615 bits per heavy atom. The van der Waals surface area contributed by atoms with E-state index in [1.807, 2.05) is 0 Å². The molecule has 0 atom stereocenters. The maximum Gasteiger partial charge on any atom is 0.343 e. The highest BCUT2D eigenvalue weighted by molar-refractivity contribution is 7.93. The molecular weight excluding hydrogens is 557 g/mol. The zero-order chi connectivity index (χ0) is 27.6. The third-order valence-electron chi connectivity index (χ3n) is 5.92. The molecule has 0 aliphatic carbocycles. The van der Waals surface area contributed by atoms with E-state index in [2.05, 4.69) is 0 Å². The van der Waals surface area contributed by atoms with Gasteiger partial charge in [-0.25, -0.2) is 13.2 Å². The largest absolute Gasteiger partial charge is 0.421 e. The van der Waals surface area contributed by atoms with Crippen molar-refractivity contribution in [1.29, 1.82) is 0 Å². The van der Waals surface area contributed by atoms with E-state index in [0.717, 1.165) is 0 Å². The molecule has 0 aromatic heterocycles. The summed E-state index contributed by atoms with van der Waals surface area (Å²) in [5, 5.41) is 0.0469. The number of carbonyl (C=O) groups excluding carboxylic acids is 2. The molecule has 0 aliphatic rings. The van der Waals surface area contributed by atoms with Gasteiger partial charge >= 0.3 is 5.97 Å². The number of halogens is 2. The summed E-state index contributed by atoms with van der Waals surface area (Å²) in [6.45, 7) is 0. The molecule has 0 radical (unpaired) electrons. The molecule has 0 N–H and O–H groups in total. The highest BCUT2D eigenvalue weighted by Crippen LogP contribution is 2.48. The summed E-state index contributed by atoms with van der Waals surface area (Å²) in [4.78, 5) is 26.7. The maximum absolute atomic E-state index is 14.0. The van der Waals surface area contributed by atoms with Gasteiger partial charge in [0, 0.05) is 16.3 Å². The fourth-order valence-electron chi connectivity index (χ4n) is 4.08. The molecule has 0 heterocycles. The van der Waals surface area contributed by atoms with E-state index >= 15 is 0 Å². The summed E-state index contributed by atoms with van der Waals surface area (Å²) in [5.74, 6) is -1.57. The van der Waals surface area contributed by atoms with E-state index in [-0.39, 0.29) is 42.9 Å². The third-order valence-corrected chi connectivity index (χ3v) is 8.44. The highest BCUT2D eigenvalue weighted by atomic mass is 35.5. The fraction of sp³-hybridized carbons (Fsp3) is 0. The average Bonchev–Trinajstić information content (AvgIpc) is 2.98. The number of hydrogen-bond acceptors (Lipinski definition) is 5. The summed E-state index contributed by atoms with van der Waals surface area (Å²) >= 11 is 13.4. The van der Waals surface area contributed by atoms with Crippen LogP contribution in [0.5, 0.6) is 5.75 Å². The van der Waals surface area contributed by atoms with Crippen molar-refractivity contribution in [2.24, 2.45) is 0 Å². The van der Waals surface area contributed by atoms with Gasteiger partial charge in [0.15, 0.2) is 5.75 Å². The van der Waals surface area contributed by atoms with Crippen LogP contribution in [0, 0.1) is 0 Å². The number of carbonyl (C=O) groups is 2. The molecule has 5 aromatic rings. The van der Waals surface area contributed by atoms with Crippen molar-refractivity contribution in [3.05, 3.63) is 136 Å². The fourth-order valence-corrected chi connectivity index (χ4v) is 6.10. The second-order valence-electron chi connectivity index (χ2n) is 8.36. The third kappa shape index (κ3) is 5.00. The molecule has 6 nitrogen and oxygen atoms in total. The number of anilines is 1. The van der Waals surface area contributed by atoms with Crippen molar-refractivity contribution in [3.8, 4) is 5.75 Å². The number of ether oxygens (including phenoxy) is 1. The Morgan fingerprint density at radius 3 is 1.69 bits per heavy atom. The van der Waals surface area contributed by atoms with Crippen molar-refractivity contribution in [2.75, 3.05) is 4.31 Å². The molecule has 0 bridgehead atoms. The van der Waals surface area contributed by atoms with Crippen LogP contribution < -0.4 is 9.04 Å². The average molecular weight is 576 g/mol. The van der Waals surface area contributed by atoms with Crippen LogP contribution in [-0.2, 0) is 10.0 Å². The smallest absolute Gasteiger partial charge is 0.343 e. The first kappa shape index (κ1) is 26.4. The van der Waals surface area contributed by atoms with Gasteiger partial charge in [0.05, 0.1) is 21.2 Å². The Balaban J connectivity index is 1.76. The Bertz CT molecular complexity index is 1800. The Kier molecular flexibility index (Phi) is 7.39. The van der Waals surface area contributed by atoms with Gasteiger partial charge in [-0.3, -0.25) is 4.79 Å². The highest BCUT2D eigenvalue weighted by Gasteiger charge is 2.36. The van der Waals surface area contributed by atoms with Gasteiger partial charge < -0.3 is 4.74 Å². The van der Waals surface area contributed by atoms with Gasteiger partial charge in [-0.15, -0.1) is 0 Å². The Morgan fingerprint density at radius 2 is 1.10 bits per heavy atom. The van der Waals surface area contributed by atoms with E-state index in [1.54, 1.807) is 91.0 Å². The minimum absolute atomic E-state index is 0.0564. The van der Waals surface area contributed by atoms with Crippen LogP contribution in [0.15, 0.2) is 120 Å². The molecule has 1 amide bonds. The van der Waals surface area contributed by atoms with Gasteiger partial charge in [-0.1, -0.05) is 102 Å². The number of sulfonamides is 1. The molecule has 0 unspecified atom stereocenters. The SMILES string of the molecule is O=C(Oc1c(Cl)c(Cl)c(N(C(=O)c2ccccc2)S(=O)(=O)c2ccccc2)c2ccccc12)c1ccccc1. The number of nitrogens with zero attached hydrogens (tertiary/aromatic N) is 1. The number of benzene rings is 5. The lowest BCUT2D eigenvalue weighted by atomic mass is 10.1. The molecule has 5 rings (SSSR count). The standard InChI is InChI=1S/C30H19Cl2NO5S/c31-25-26(32)28(38-30(35)21-14-6-2-7-15-21)24-19-11-10-18-23(24)27(25)33(29(34)20-12-4-1-5-13-20)39(36,37)22-16-8-3-9-17-22/h1-19H. The Hall–Kier alpha value is -4.17. The minimum atomic E-state index is -4.48. The van der Waals surface area contributed by atoms with Crippen molar-refractivity contribution < 1.29 is 22.7 Å². The monoisotopic (exact) mass is 575 g/mol. The summed E-state index contributed by atoms with van der Waals surface area (Å²) in [6.07, 6.45) is 0. The first-order chi connectivity index (χ1) is 18.8. The summed E-state index contributed by atoms with van der Waals surface area (Å²) < 4.78 is 34.4. The summed E-state index contributed by atoms with van der Waals surface area (Å²) in [7, 11) is -4.48. The van der Waals surface area contributed by atoms with Gasteiger partial charge in [-0.05, 0) is 36.4 Å². The molecule has 0 spiro atoms. The first-order valence-corrected chi connectivity index (χ1v) is 13.9. The predicted octanol–water partition coefficient (Wildman–Crippen LogP) is 7.40. The first-order valence-electron chi connectivity index (χ1n) is 11.7.